The molecule has 1 heterocycles. The predicted molar refractivity (Wildman–Crippen MR) is 79.2 cm³/mol. The normalized spacial score (nSPS) is 23.9. The van der Waals surface area contributed by atoms with Crippen molar-refractivity contribution in [1.29, 1.82) is 0 Å². The number of primary sulfonamides is 1. The topological polar surface area (TPSA) is 98.7 Å². The van der Waals surface area contributed by atoms with E-state index in [4.69, 9.17) is 15.6 Å². The van der Waals surface area contributed by atoms with Crippen LogP contribution < -0.4 is 15.8 Å². The number of rotatable bonds is 2. The van der Waals surface area contributed by atoms with Crippen molar-refractivity contribution >= 4 is 21.4 Å². The number of anilines is 2. The Balaban J connectivity index is 2.54. The molecule has 1 aromatic rings. The highest BCUT2D eigenvalue weighted by molar-refractivity contribution is 7.89. The van der Waals surface area contributed by atoms with Gasteiger partial charge in [0, 0.05) is 24.0 Å². The van der Waals surface area contributed by atoms with Gasteiger partial charge in [-0.2, -0.15) is 0 Å². The molecule has 1 saturated heterocycles. The average molecular weight is 299 g/mol. The smallest absolute Gasteiger partial charge is 0.238 e. The number of sulfonamides is 1. The van der Waals surface area contributed by atoms with Gasteiger partial charge < -0.3 is 15.4 Å². The first-order chi connectivity index (χ1) is 9.20. The zero-order valence-corrected chi connectivity index (χ0v) is 12.8. The number of ether oxygens (including phenoxy) is 1. The number of nitrogens with two attached hydrogens (primary N) is 2. The largest absolute Gasteiger partial charge is 0.399 e. The summed E-state index contributed by atoms with van der Waals surface area (Å²) in [7, 11) is -3.79. The van der Waals surface area contributed by atoms with Crippen molar-refractivity contribution < 1.29 is 13.2 Å². The van der Waals surface area contributed by atoms with Crippen LogP contribution in [0.4, 0.5) is 11.4 Å². The fourth-order valence-electron chi connectivity index (χ4n) is 2.53. The maximum Gasteiger partial charge on any atom is 0.238 e. The number of nitrogens with zero attached hydrogens (tertiary/aromatic N) is 1. The first-order valence-corrected chi connectivity index (χ1v) is 8.06. The van der Waals surface area contributed by atoms with Gasteiger partial charge in [-0.3, -0.25) is 0 Å². The van der Waals surface area contributed by atoms with Crippen LogP contribution in [0.2, 0.25) is 0 Å². The Morgan fingerprint density at radius 1 is 1.35 bits per heavy atom. The lowest BCUT2D eigenvalue weighted by molar-refractivity contribution is 0.0343. The molecule has 1 aliphatic heterocycles. The fourth-order valence-corrected chi connectivity index (χ4v) is 3.36. The predicted octanol–water partition coefficient (Wildman–Crippen LogP) is 0.838. The van der Waals surface area contributed by atoms with Crippen LogP contribution in [0.25, 0.3) is 0 Å². The first kappa shape index (κ1) is 15.1. The molecule has 0 radical (unpaired) electrons. The monoisotopic (exact) mass is 299 g/mol. The molecule has 0 amide bonds. The van der Waals surface area contributed by atoms with Gasteiger partial charge in [-0.15, -0.1) is 0 Å². The van der Waals surface area contributed by atoms with Crippen LogP contribution >= 0.6 is 0 Å². The van der Waals surface area contributed by atoms with Crippen LogP contribution in [-0.2, 0) is 14.8 Å². The van der Waals surface area contributed by atoms with Gasteiger partial charge in [-0.1, -0.05) is 0 Å². The van der Waals surface area contributed by atoms with Crippen molar-refractivity contribution in [3.05, 3.63) is 17.7 Å². The number of hydrogen-bond acceptors (Lipinski definition) is 5. The molecule has 2 rings (SSSR count). The van der Waals surface area contributed by atoms with Gasteiger partial charge in [0.15, 0.2) is 0 Å². The molecule has 4 N–H and O–H groups in total. The van der Waals surface area contributed by atoms with Crippen molar-refractivity contribution in [3.63, 3.8) is 0 Å². The Hall–Kier alpha value is -1.31. The van der Waals surface area contributed by atoms with Crippen molar-refractivity contribution in [2.24, 2.45) is 5.14 Å². The molecule has 1 aromatic carbocycles. The van der Waals surface area contributed by atoms with Gasteiger partial charge >= 0.3 is 0 Å². The molecule has 2 unspecified atom stereocenters. The summed E-state index contributed by atoms with van der Waals surface area (Å²) in [6.07, 6.45) is 0.0879. The van der Waals surface area contributed by atoms with Gasteiger partial charge in [0.2, 0.25) is 10.0 Å². The van der Waals surface area contributed by atoms with Gasteiger partial charge in [-0.25, -0.2) is 13.6 Å². The third-order valence-corrected chi connectivity index (χ3v) is 4.62. The standard InChI is InChI=1S/C13H21N3O3S/c1-8-7-19-9(2)6-16(8)12-4-11(14)5-13(10(12)3)20(15,17)18/h4-5,8-9H,6-7,14H2,1-3H3,(H2,15,17,18). The molecule has 0 aliphatic carbocycles. The summed E-state index contributed by atoms with van der Waals surface area (Å²) >= 11 is 0. The van der Waals surface area contributed by atoms with Crippen LogP contribution in [0, 0.1) is 6.92 Å². The van der Waals surface area contributed by atoms with Crippen molar-refractivity contribution in [2.75, 3.05) is 23.8 Å². The highest BCUT2D eigenvalue weighted by Crippen LogP contribution is 2.31. The van der Waals surface area contributed by atoms with Crippen molar-refractivity contribution in [2.45, 2.75) is 37.8 Å². The molecule has 6 nitrogen and oxygen atoms in total. The summed E-state index contributed by atoms with van der Waals surface area (Å²) in [6.45, 7) is 7.06. The maximum absolute atomic E-state index is 11.7. The summed E-state index contributed by atoms with van der Waals surface area (Å²) in [5, 5.41) is 5.26. The second-order valence-corrected chi connectivity index (χ2v) is 6.88. The Bertz CT molecular complexity index is 616. The van der Waals surface area contributed by atoms with E-state index >= 15 is 0 Å². The Morgan fingerprint density at radius 2 is 2.00 bits per heavy atom. The summed E-state index contributed by atoms with van der Waals surface area (Å²) in [6, 6.07) is 3.35. The number of morpholine rings is 1. The summed E-state index contributed by atoms with van der Waals surface area (Å²) in [4.78, 5) is 2.20. The van der Waals surface area contributed by atoms with Gasteiger partial charge in [0.05, 0.1) is 17.6 Å². The third-order valence-electron chi connectivity index (χ3n) is 3.58. The van der Waals surface area contributed by atoms with Crippen LogP contribution in [0.1, 0.15) is 19.4 Å². The second-order valence-electron chi connectivity index (χ2n) is 5.35. The van der Waals surface area contributed by atoms with E-state index in [0.717, 1.165) is 5.69 Å². The SMILES string of the molecule is Cc1c(N2CC(C)OCC2C)cc(N)cc1S(N)(=O)=O. The Kier molecular flexibility index (Phi) is 3.95. The molecule has 7 heteroatoms. The van der Waals surface area contributed by atoms with Gasteiger partial charge in [0.25, 0.3) is 0 Å². The summed E-state index contributed by atoms with van der Waals surface area (Å²) < 4.78 is 28.9. The van der Waals surface area contributed by atoms with E-state index < -0.39 is 10.0 Å². The van der Waals surface area contributed by atoms with Crippen LogP contribution in [-0.4, -0.2) is 33.7 Å². The van der Waals surface area contributed by atoms with E-state index in [2.05, 4.69) is 4.90 Å². The summed E-state index contributed by atoms with van der Waals surface area (Å²) in [5.41, 5.74) is 7.65. The van der Waals surface area contributed by atoms with E-state index in [1.807, 2.05) is 13.8 Å². The lowest BCUT2D eigenvalue weighted by atomic mass is 10.1. The van der Waals surface area contributed by atoms with Crippen LogP contribution in [0.5, 0.6) is 0 Å². The quantitative estimate of drug-likeness (QED) is 0.788. The van der Waals surface area contributed by atoms with Crippen LogP contribution in [0.15, 0.2) is 17.0 Å². The molecular weight excluding hydrogens is 278 g/mol. The molecule has 0 spiro atoms. The maximum atomic E-state index is 11.7. The number of benzene rings is 1. The molecule has 1 fully saturated rings. The van der Waals surface area contributed by atoms with E-state index in [1.165, 1.54) is 6.07 Å². The molecule has 0 saturated carbocycles. The third kappa shape index (κ3) is 2.89. The van der Waals surface area contributed by atoms with Gasteiger partial charge in [-0.05, 0) is 38.5 Å². The molecule has 0 bridgehead atoms. The fraction of sp³-hybridized carbons (Fsp3) is 0.538. The number of nitrogen functional groups attached to an aromatic ring is 1. The minimum Gasteiger partial charge on any atom is -0.399 e. The molecule has 0 aromatic heterocycles. The lowest BCUT2D eigenvalue weighted by Crippen LogP contribution is -2.47. The zero-order chi connectivity index (χ0) is 15.1. The lowest BCUT2D eigenvalue weighted by Gasteiger charge is -2.39. The van der Waals surface area contributed by atoms with Crippen molar-refractivity contribution in [1.82, 2.24) is 0 Å². The molecule has 112 valence electrons. The van der Waals surface area contributed by atoms with E-state index in [-0.39, 0.29) is 17.0 Å². The molecule has 1 aliphatic rings. The zero-order valence-electron chi connectivity index (χ0n) is 12.0. The highest BCUT2D eigenvalue weighted by Gasteiger charge is 2.27. The average Bonchev–Trinajstić information content (AvgIpc) is 2.33. The summed E-state index contributed by atoms with van der Waals surface area (Å²) in [5.74, 6) is 0. The minimum atomic E-state index is -3.79. The van der Waals surface area contributed by atoms with Gasteiger partial charge in [0.1, 0.15) is 0 Å². The highest BCUT2D eigenvalue weighted by atomic mass is 32.2. The molecule has 2 atom stereocenters. The Morgan fingerprint density at radius 3 is 2.60 bits per heavy atom. The minimum absolute atomic E-state index is 0.0823. The van der Waals surface area contributed by atoms with E-state index in [9.17, 15) is 8.42 Å². The Labute approximate surface area is 119 Å². The first-order valence-electron chi connectivity index (χ1n) is 6.51. The molecular formula is C13H21N3O3S. The molecule has 20 heavy (non-hydrogen) atoms. The second kappa shape index (κ2) is 5.23. The number of hydrogen-bond donors (Lipinski definition) is 2. The van der Waals surface area contributed by atoms with E-state index in [1.54, 1.807) is 13.0 Å². The van der Waals surface area contributed by atoms with E-state index in [0.29, 0.717) is 24.4 Å². The van der Waals surface area contributed by atoms with Crippen LogP contribution in [0.3, 0.4) is 0 Å². The van der Waals surface area contributed by atoms with Crippen molar-refractivity contribution in [3.8, 4) is 0 Å².